The Balaban J connectivity index is 2.90. The zero-order chi connectivity index (χ0) is 12.5. The van der Waals surface area contributed by atoms with Crippen LogP contribution in [-0.4, -0.2) is 40.0 Å². The summed E-state index contributed by atoms with van der Waals surface area (Å²) in [7, 11) is 1.40. The van der Waals surface area contributed by atoms with Crippen LogP contribution in [0.4, 0.5) is 0 Å². The normalized spacial score (nSPS) is 12.2. The minimum atomic E-state index is -1.07. The van der Waals surface area contributed by atoms with Crippen molar-refractivity contribution in [3.63, 3.8) is 0 Å². The van der Waals surface area contributed by atoms with Gasteiger partial charge in [0.15, 0.2) is 0 Å². The van der Waals surface area contributed by atoms with Crippen molar-refractivity contribution >= 4 is 11.9 Å². The Morgan fingerprint density at radius 2 is 2.00 bits per heavy atom. The molecule has 0 fully saturated rings. The van der Waals surface area contributed by atoms with Crippen molar-refractivity contribution in [3.05, 3.63) is 17.3 Å². The molecule has 88 valence electrons. The molecule has 1 rings (SSSR count). The number of rotatable bonds is 3. The van der Waals surface area contributed by atoms with Gasteiger partial charge in [0.2, 0.25) is 0 Å². The van der Waals surface area contributed by atoms with Crippen LogP contribution in [0, 0.1) is 13.8 Å². The molecule has 0 radical (unpaired) electrons. The Morgan fingerprint density at radius 3 is 2.38 bits per heavy atom. The van der Waals surface area contributed by atoms with Gasteiger partial charge in [-0.25, -0.2) is 9.78 Å². The van der Waals surface area contributed by atoms with Crippen LogP contribution in [0.1, 0.15) is 29.1 Å². The van der Waals surface area contributed by atoms with Gasteiger partial charge in [-0.05, 0) is 20.8 Å². The van der Waals surface area contributed by atoms with Gasteiger partial charge in [0.25, 0.3) is 5.89 Å². The number of carboxylic acids is 1. The van der Waals surface area contributed by atoms with E-state index in [0.717, 1.165) is 4.90 Å². The van der Waals surface area contributed by atoms with Gasteiger partial charge in [0.05, 0.1) is 5.69 Å². The number of carboxylic acid groups (broad SMARTS) is 1. The summed E-state index contributed by atoms with van der Waals surface area (Å²) in [6.45, 7) is 4.83. The molecule has 1 N–H and O–H groups in total. The third-order valence-corrected chi connectivity index (χ3v) is 2.47. The third-order valence-electron chi connectivity index (χ3n) is 2.47. The molecule has 0 saturated heterocycles. The van der Waals surface area contributed by atoms with Gasteiger partial charge in [0, 0.05) is 7.05 Å². The molecule has 0 bridgehead atoms. The lowest BCUT2D eigenvalue weighted by atomic mass is 10.3. The molecule has 1 unspecified atom stereocenters. The summed E-state index contributed by atoms with van der Waals surface area (Å²) < 4.78 is 5.13. The van der Waals surface area contributed by atoms with E-state index >= 15 is 0 Å². The van der Waals surface area contributed by atoms with Gasteiger partial charge in [0.1, 0.15) is 11.8 Å². The van der Waals surface area contributed by atoms with Crippen LogP contribution >= 0.6 is 0 Å². The summed E-state index contributed by atoms with van der Waals surface area (Å²) in [5.41, 5.74) is 0.625. The number of oxazole rings is 1. The molecule has 1 atom stereocenters. The van der Waals surface area contributed by atoms with E-state index in [-0.39, 0.29) is 5.89 Å². The number of carbonyl (C=O) groups is 2. The number of aromatic nitrogens is 1. The summed E-state index contributed by atoms with van der Waals surface area (Å²) in [4.78, 5) is 27.5. The Bertz CT molecular complexity index is 405. The highest BCUT2D eigenvalue weighted by Gasteiger charge is 2.26. The average Bonchev–Trinajstić information content (AvgIpc) is 2.55. The number of aliphatic carboxylic acids is 1. The second-order valence-electron chi connectivity index (χ2n) is 3.59. The molecule has 0 spiro atoms. The second-order valence-corrected chi connectivity index (χ2v) is 3.59. The molecule has 1 aromatic rings. The van der Waals surface area contributed by atoms with Crippen LogP contribution in [0.3, 0.4) is 0 Å². The molecular weight excluding hydrogens is 212 g/mol. The average molecular weight is 226 g/mol. The standard InChI is InChI=1S/C10H14N2O4/c1-5-7(3)16-8(11-5)9(13)12(4)6(2)10(14)15/h6H,1-4H3,(H,14,15). The minimum Gasteiger partial charge on any atom is -0.480 e. The summed E-state index contributed by atoms with van der Waals surface area (Å²) in [5, 5.41) is 8.76. The monoisotopic (exact) mass is 226 g/mol. The molecule has 6 heteroatoms. The summed E-state index contributed by atoms with van der Waals surface area (Å²) in [5.74, 6) is -1.13. The highest BCUT2D eigenvalue weighted by atomic mass is 16.4. The van der Waals surface area contributed by atoms with E-state index in [2.05, 4.69) is 4.98 Å². The van der Waals surface area contributed by atoms with Gasteiger partial charge in [-0.3, -0.25) is 4.79 Å². The van der Waals surface area contributed by atoms with Gasteiger partial charge in [-0.1, -0.05) is 0 Å². The van der Waals surface area contributed by atoms with Crippen LogP contribution in [-0.2, 0) is 4.79 Å². The topological polar surface area (TPSA) is 83.6 Å². The number of nitrogens with zero attached hydrogens (tertiary/aromatic N) is 2. The van der Waals surface area contributed by atoms with E-state index in [9.17, 15) is 9.59 Å². The molecule has 0 aliphatic rings. The van der Waals surface area contributed by atoms with Crippen molar-refractivity contribution in [2.24, 2.45) is 0 Å². The van der Waals surface area contributed by atoms with E-state index in [4.69, 9.17) is 9.52 Å². The van der Waals surface area contributed by atoms with Crippen LogP contribution in [0.2, 0.25) is 0 Å². The molecule has 0 aliphatic heterocycles. The predicted molar refractivity (Wildman–Crippen MR) is 55.2 cm³/mol. The Hall–Kier alpha value is -1.85. The lowest BCUT2D eigenvalue weighted by Crippen LogP contribution is -2.40. The Labute approximate surface area is 92.9 Å². The number of aryl methyl sites for hydroxylation is 2. The fraction of sp³-hybridized carbons (Fsp3) is 0.500. The molecular formula is C10H14N2O4. The molecule has 6 nitrogen and oxygen atoms in total. The molecule has 16 heavy (non-hydrogen) atoms. The molecule has 0 saturated carbocycles. The zero-order valence-corrected chi connectivity index (χ0v) is 9.64. The first-order valence-electron chi connectivity index (χ1n) is 4.78. The zero-order valence-electron chi connectivity index (χ0n) is 9.64. The highest BCUT2D eigenvalue weighted by molar-refractivity contribution is 5.92. The second kappa shape index (κ2) is 4.34. The molecule has 0 aliphatic carbocycles. The van der Waals surface area contributed by atoms with Gasteiger partial charge < -0.3 is 14.4 Å². The molecule has 1 amide bonds. The van der Waals surface area contributed by atoms with Crippen LogP contribution in [0.5, 0.6) is 0 Å². The van der Waals surface area contributed by atoms with E-state index in [0.29, 0.717) is 11.5 Å². The highest BCUT2D eigenvalue weighted by Crippen LogP contribution is 2.11. The number of carbonyl (C=O) groups excluding carboxylic acids is 1. The van der Waals surface area contributed by atoms with Crippen molar-refractivity contribution < 1.29 is 19.1 Å². The molecule has 0 aromatic carbocycles. The number of hydrogen-bond donors (Lipinski definition) is 1. The first-order chi connectivity index (χ1) is 7.34. The number of likely N-dealkylation sites (N-methyl/N-ethyl adjacent to an activating group) is 1. The number of amides is 1. The largest absolute Gasteiger partial charge is 0.480 e. The van der Waals surface area contributed by atoms with E-state index < -0.39 is 17.9 Å². The predicted octanol–water partition coefficient (Wildman–Crippen LogP) is 0.837. The summed E-state index contributed by atoms with van der Waals surface area (Å²) >= 11 is 0. The van der Waals surface area contributed by atoms with Gasteiger partial charge >= 0.3 is 11.9 Å². The Morgan fingerprint density at radius 1 is 1.44 bits per heavy atom. The third kappa shape index (κ3) is 2.21. The van der Waals surface area contributed by atoms with Crippen LogP contribution < -0.4 is 0 Å². The van der Waals surface area contributed by atoms with Crippen molar-refractivity contribution in [2.45, 2.75) is 26.8 Å². The SMILES string of the molecule is Cc1nc(C(=O)N(C)C(C)C(=O)O)oc1C. The maximum absolute atomic E-state index is 11.8. The summed E-state index contributed by atoms with van der Waals surface area (Å²) in [6.07, 6.45) is 0. The molecule has 1 heterocycles. The maximum atomic E-state index is 11.8. The van der Waals surface area contributed by atoms with Crippen molar-refractivity contribution in [1.82, 2.24) is 9.88 Å². The van der Waals surface area contributed by atoms with Crippen LogP contribution in [0.25, 0.3) is 0 Å². The van der Waals surface area contributed by atoms with Gasteiger partial charge in [-0.2, -0.15) is 0 Å². The first-order valence-corrected chi connectivity index (χ1v) is 4.78. The first kappa shape index (κ1) is 12.2. The maximum Gasteiger partial charge on any atom is 0.326 e. The van der Waals surface area contributed by atoms with E-state index in [1.54, 1.807) is 13.8 Å². The summed E-state index contributed by atoms with van der Waals surface area (Å²) in [6, 6.07) is -0.917. The van der Waals surface area contributed by atoms with Crippen molar-refractivity contribution in [3.8, 4) is 0 Å². The fourth-order valence-corrected chi connectivity index (χ4v) is 1.06. The molecule has 1 aromatic heterocycles. The van der Waals surface area contributed by atoms with E-state index in [1.165, 1.54) is 14.0 Å². The van der Waals surface area contributed by atoms with Crippen molar-refractivity contribution in [2.75, 3.05) is 7.05 Å². The lowest BCUT2D eigenvalue weighted by molar-refractivity contribution is -0.141. The Kier molecular flexibility index (Phi) is 3.31. The van der Waals surface area contributed by atoms with E-state index in [1.807, 2.05) is 0 Å². The quantitative estimate of drug-likeness (QED) is 0.825. The minimum absolute atomic E-state index is 0.0781. The smallest absolute Gasteiger partial charge is 0.326 e. The lowest BCUT2D eigenvalue weighted by Gasteiger charge is -2.19. The fourth-order valence-electron chi connectivity index (χ4n) is 1.06. The van der Waals surface area contributed by atoms with Crippen LogP contribution in [0.15, 0.2) is 4.42 Å². The number of hydrogen-bond acceptors (Lipinski definition) is 4. The van der Waals surface area contributed by atoms with Crippen molar-refractivity contribution in [1.29, 1.82) is 0 Å². The van der Waals surface area contributed by atoms with Gasteiger partial charge in [-0.15, -0.1) is 0 Å².